The minimum absolute atomic E-state index is 0.0578. The third kappa shape index (κ3) is 5.45. The molecule has 37 heavy (non-hydrogen) atoms. The second-order valence-electron chi connectivity index (χ2n) is 8.59. The van der Waals surface area contributed by atoms with Gasteiger partial charge in [0.25, 0.3) is 5.56 Å². The number of esters is 1. The fourth-order valence-corrected chi connectivity index (χ4v) is 5.66. The maximum Gasteiger partial charge on any atom is 0.338 e. The topological polar surface area (TPSA) is 99.4 Å². The van der Waals surface area contributed by atoms with Crippen LogP contribution in [0.25, 0.3) is 6.08 Å². The third-order valence-electron chi connectivity index (χ3n) is 5.65. The number of carbonyl (C=O) groups is 1. The molecule has 1 aliphatic heterocycles. The highest BCUT2D eigenvalue weighted by Gasteiger charge is 2.34. The number of thiazole rings is 1. The molecule has 4 rings (SSSR count). The Kier molecular flexibility index (Phi) is 8.08. The standard InChI is InChI=1S/C27H27IN2O6S/c1-6-35-26(33)23-15(4)29-27-30(24(23)17-8-10-20(36-14(2)3)21(13-17)34-5)25(32)22(37-27)12-16-7-9-19(31)18(28)11-16/h7-14,24,31H,6H2,1-5H3/b22-12-/t24-/m1/s1. The van der Waals surface area contributed by atoms with Crippen LogP contribution < -0.4 is 24.4 Å². The van der Waals surface area contributed by atoms with Gasteiger partial charge in [0.15, 0.2) is 16.3 Å². The smallest absolute Gasteiger partial charge is 0.338 e. The molecule has 8 nitrogen and oxygen atoms in total. The van der Waals surface area contributed by atoms with Crippen molar-refractivity contribution in [3.8, 4) is 17.2 Å². The lowest BCUT2D eigenvalue weighted by atomic mass is 9.95. The molecule has 0 bridgehead atoms. The molecule has 1 aromatic heterocycles. The lowest BCUT2D eigenvalue weighted by Gasteiger charge is -2.25. The number of fused-ring (bicyclic) bond motifs is 1. The Morgan fingerprint density at radius 1 is 1.24 bits per heavy atom. The number of phenols is 1. The molecule has 10 heteroatoms. The molecule has 0 amide bonds. The molecule has 0 saturated heterocycles. The zero-order valence-corrected chi connectivity index (χ0v) is 24.0. The lowest BCUT2D eigenvalue weighted by Crippen LogP contribution is -2.40. The van der Waals surface area contributed by atoms with Crippen molar-refractivity contribution < 1.29 is 24.1 Å². The molecule has 0 unspecified atom stereocenters. The van der Waals surface area contributed by atoms with E-state index in [4.69, 9.17) is 14.2 Å². The predicted molar refractivity (Wildman–Crippen MR) is 150 cm³/mol. The van der Waals surface area contributed by atoms with Gasteiger partial charge in [-0.05, 0) is 91.8 Å². The van der Waals surface area contributed by atoms with Gasteiger partial charge in [-0.15, -0.1) is 0 Å². The summed E-state index contributed by atoms with van der Waals surface area (Å²) >= 11 is 3.28. The van der Waals surface area contributed by atoms with E-state index in [0.717, 1.165) is 5.56 Å². The first kappa shape index (κ1) is 26.9. The van der Waals surface area contributed by atoms with Gasteiger partial charge in [-0.1, -0.05) is 23.5 Å². The number of nitrogens with zero attached hydrogens (tertiary/aromatic N) is 2. The lowest BCUT2D eigenvalue weighted by molar-refractivity contribution is -0.139. The number of allylic oxidation sites excluding steroid dienone is 1. The van der Waals surface area contributed by atoms with Gasteiger partial charge in [0, 0.05) is 0 Å². The number of rotatable bonds is 7. The van der Waals surface area contributed by atoms with Crippen molar-refractivity contribution in [3.63, 3.8) is 0 Å². The van der Waals surface area contributed by atoms with Crippen LogP contribution in [0.5, 0.6) is 17.2 Å². The van der Waals surface area contributed by atoms with Gasteiger partial charge >= 0.3 is 5.97 Å². The maximum atomic E-state index is 13.8. The van der Waals surface area contributed by atoms with Crippen molar-refractivity contribution in [2.45, 2.75) is 39.8 Å². The van der Waals surface area contributed by atoms with Crippen molar-refractivity contribution in [3.05, 3.63) is 82.1 Å². The van der Waals surface area contributed by atoms with E-state index in [0.29, 0.717) is 41.2 Å². The average Bonchev–Trinajstić information content (AvgIpc) is 3.15. The second kappa shape index (κ2) is 11.1. The van der Waals surface area contributed by atoms with Crippen LogP contribution in [0.3, 0.4) is 0 Å². The monoisotopic (exact) mass is 634 g/mol. The van der Waals surface area contributed by atoms with Gasteiger partial charge in [0.1, 0.15) is 5.75 Å². The van der Waals surface area contributed by atoms with Crippen molar-refractivity contribution in [2.24, 2.45) is 4.99 Å². The maximum absolute atomic E-state index is 13.8. The molecular formula is C27H27IN2O6S. The molecule has 1 N–H and O–H groups in total. The van der Waals surface area contributed by atoms with Gasteiger partial charge in [-0.25, -0.2) is 9.79 Å². The van der Waals surface area contributed by atoms with Crippen LogP contribution in [0.1, 0.15) is 44.9 Å². The van der Waals surface area contributed by atoms with Gasteiger partial charge in [0.05, 0.1) is 45.2 Å². The van der Waals surface area contributed by atoms with E-state index in [1.54, 1.807) is 57.4 Å². The summed E-state index contributed by atoms with van der Waals surface area (Å²) in [5, 5.41) is 9.85. The Balaban J connectivity index is 1.94. The number of methoxy groups -OCH3 is 1. The molecule has 0 aliphatic carbocycles. The number of aromatic nitrogens is 1. The van der Waals surface area contributed by atoms with Crippen LogP contribution in [0.2, 0.25) is 0 Å². The van der Waals surface area contributed by atoms with E-state index in [2.05, 4.69) is 4.99 Å². The zero-order valence-electron chi connectivity index (χ0n) is 21.1. The van der Waals surface area contributed by atoms with Crippen molar-refractivity contribution in [2.75, 3.05) is 13.7 Å². The Morgan fingerprint density at radius 3 is 2.65 bits per heavy atom. The van der Waals surface area contributed by atoms with E-state index in [9.17, 15) is 14.7 Å². The molecule has 2 aromatic carbocycles. The molecule has 1 aliphatic rings. The zero-order chi connectivity index (χ0) is 26.9. The molecule has 0 spiro atoms. The van der Waals surface area contributed by atoms with Crippen LogP contribution >= 0.6 is 33.9 Å². The van der Waals surface area contributed by atoms with Crippen LogP contribution in [-0.2, 0) is 9.53 Å². The first-order valence-corrected chi connectivity index (χ1v) is 13.6. The molecule has 0 saturated carbocycles. The summed E-state index contributed by atoms with van der Waals surface area (Å²) in [5.41, 5.74) is 1.92. The number of hydrogen-bond acceptors (Lipinski definition) is 8. The second-order valence-corrected chi connectivity index (χ2v) is 10.8. The number of benzene rings is 2. The summed E-state index contributed by atoms with van der Waals surface area (Å²) in [6.07, 6.45) is 1.70. The summed E-state index contributed by atoms with van der Waals surface area (Å²) in [6, 6.07) is 9.73. The van der Waals surface area contributed by atoms with Crippen LogP contribution in [0.15, 0.2) is 57.5 Å². The number of ether oxygens (including phenoxy) is 3. The van der Waals surface area contributed by atoms with Crippen molar-refractivity contribution >= 4 is 46.0 Å². The molecule has 0 radical (unpaired) electrons. The van der Waals surface area contributed by atoms with Gasteiger partial charge in [0.2, 0.25) is 0 Å². The molecular weight excluding hydrogens is 607 g/mol. The molecule has 194 valence electrons. The minimum Gasteiger partial charge on any atom is -0.507 e. The van der Waals surface area contributed by atoms with E-state index >= 15 is 0 Å². The quantitative estimate of drug-likeness (QED) is 0.313. The number of phenolic OH excluding ortho intramolecular Hbond substituents is 1. The van der Waals surface area contributed by atoms with Crippen LogP contribution in [0, 0.1) is 3.57 Å². The van der Waals surface area contributed by atoms with Gasteiger partial charge in [-0.3, -0.25) is 9.36 Å². The Bertz CT molecular complexity index is 1570. The largest absolute Gasteiger partial charge is 0.507 e. The fourth-order valence-electron chi connectivity index (χ4n) is 4.08. The van der Waals surface area contributed by atoms with E-state index in [-0.39, 0.29) is 24.0 Å². The van der Waals surface area contributed by atoms with Crippen molar-refractivity contribution in [1.29, 1.82) is 0 Å². The van der Waals surface area contributed by atoms with Crippen LogP contribution in [-0.4, -0.2) is 35.5 Å². The number of hydrogen-bond donors (Lipinski definition) is 1. The highest BCUT2D eigenvalue weighted by molar-refractivity contribution is 14.1. The van der Waals surface area contributed by atoms with E-state index in [1.807, 2.05) is 42.5 Å². The molecule has 0 fully saturated rings. The van der Waals surface area contributed by atoms with E-state index in [1.165, 1.54) is 15.9 Å². The van der Waals surface area contributed by atoms with Crippen LogP contribution in [0.4, 0.5) is 0 Å². The van der Waals surface area contributed by atoms with Gasteiger partial charge < -0.3 is 19.3 Å². The van der Waals surface area contributed by atoms with Gasteiger partial charge in [-0.2, -0.15) is 0 Å². The summed E-state index contributed by atoms with van der Waals surface area (Å²) in [4.78, 5) is 31.9. The molecule has 2 heterocycles. The highest BCUT2D eigenvalue weighted by Crippen LogP contribution is 2.36. The average molecular weight is 634 g/mol. The number of aromatic hydroxyl groups is 1. The Labute approximate surface area is 231 Å². The SMILES string of the molecule is CCOC(=O)C1=C(C)N=c2s/c(=C\c3ccc(O)c(I)c3)c(=O)n2[C@@H]1c1ccc(OC(C)C)c(OC)c1. The van der Waals surface area contributed by atoms with E-state index < -0.39 is 12.0 Å². The number of halogens is 1. The molecule has 3 aromatic rings. The fraction of sp³-hybridized carbons (Fsp3) is 0.296. The first-order valence-electron chi connectivity index (χ1n) is 11.7. The summed E-state index contributed by atoms with van der Waals surface area (Å²) in [7, 11) is 1.55. The summed E-state index contributed by atoms with van der Waals surface area (Å²) in [6.45, 7) is 7.51. The molecule has 1 atom stereocenters. The Hall–Kier alpha value is -3.12. The predicted octanol–water partition coefficient (Wildman–Crippen LogP) is 3.90. The summed E-state index contributed by atoms with van der Waals surface area (Å²) in [5.74, 6) is 0.698. The normalized spacial score (nSPS) is 15.4. The Morgan fingerprint density at radius 2 is 2.00 bits per heavy atom. The van der Waals surface area contributed by atoms with Crippen molar-refractivity contribution in [1.82, 2.24) is 4.57 Å². The minimum atomic E-state index is -0.764. The third-order valence-corrected chi connectivity index (χ3v) is 7.50. The summed E-state index contributed by atoms with van der Waals surface area (Å²) < 4.78 is 19.5. The highest BCUT2D eigenvalue weighted by atomic mass is 127. The first-order chi connectivity index (χ1) is 17.6. The number of carbonyl (C=O) groups excluding carboxylic acids is 1.